The number of hydrogen-bond donors (Lipinski definition) is 0. The quantitative estimate of drug-likeness (QED) is 0.0621. The molecule has 0 saturated carbocycles. The minimum atomic E-state index is -0.690. The first-order valence-electron chi connectivity index (χ1n) is 25.1. The zero-order chi connectivity index (χ0) is 53.8. The third-order valence-electron chi connectivity index (χ3n) is 12.5. The normalized spacial score (nSPS) is 12.1. The Morgan fingerprint density at radius 3 is 0.770 bits per heavy atom. The second kappa shape index (κ2) is 23.9. The standard InChI is InChI=1S/C66H72O8/c1-15-49(43-73-61(67)51-33-57(69-39-45-17-25-53(26-18-45)63(3,4)5)37-58(34-51)70-40-46-19-27-54(28-20-46)64(6,7)8)50(16-2)44-74-62(68)52-35-59(71-41-47-21-29-55(30-22-47)65(9,10)11)38-60(36-52)72-42-48-23-31-56(32-24-48)66(12,13)14/h1-2,17-38H,39-44H2,3-14H3/b50-49+. The molecule has 0 bridgehead atoms. The summed E-state index contributed by atoms with van der Waals surface area (Å²) in [6.45, 7) is 26.3. The van der Waals surface area contributed by atoms with Gasteiger partial charge >= 0.3 is 11.9 Å². The van der Waals surface area contributed by atoms with Crippen molar-refractivity contribution in [1.82, 2.24) is 0 Å². The topological polar surface area (TPSA) is 89.5 Å². The van der Waals surface area contributed by atoms with Gasteiger partial charge in [0.1, 0.15) is 62.6 Å². The lowest BCUT2D eigenvalue weighted by Gasteiger charge is -2.19. The Morgan fingerprint density at radius 2 is 0.581 bits per heavy atom. The van der Waals surface area contributed by atoms with Crippen LogP contribution >= 0.6 is 0 Å². The van der Waals surface area contributed by atoms with Gasteiger partial charge in [-0.2, -0.15) is 0 Å². The van der Waals surface area contributed by atoms with Crippen molar-refractivity contribution in [3.63, 3.8) is 0 Å². The molecule has 0 aromatic heterocycles. The van der Waals surface area contributed by atoms with Gasteiger partial charge in [0.2, 0.25) is 0 Å². The number of terminal acetylenes is 2. The maximum absolute atomic E-state index is 13.8. The number of benzene rings is 6. The van der Waals surface area contributed by atoms with E-state index in [0.717, 1.165) is 22.3 Å². The highest BCUT2D eigenvalue weighted by Crippen LogP contribution is 2.31. The third-order valence-corrected chi connectivity index (χ3v) is 12.5. The fourth-order valence-electron chi connectivity index (χ4n) is 7.66. The minimum Gasteiger partial charge on any atom is -0.489 e. The third kappa shape index (κ3) is 16.2. The van der Waals surface area contributed by atoms with Crippen molar-refractivity contribution in [2.45, 2.75) is 131 Å². The van der Waals surface area contributed by atoms with E-state index in [0.29, 0.717) is 23.0 Å². The van der Waals surface area contributed by atoms with Crippen LogP contribution in [-0.2, 0) is 57.6 Å². The highest BCUT2D eigenvalue weighted by Gasteiger charge is 2.20. The fourth-order valence-corrected chi connectivity index (χ4v) is 7.66. The van der Waals surface area contributed by atoms with Gasteiger partial charge in [-0.1, -0.05) is 192 Å². The summed E-state index contributed by atoms with van der Waals surface area (Å²) >= 11 is 0. The first kappa shape index (κ1) is 55.6. The summed E-state index contributed by atoms with van der Waals surface area (Å²) in [7, 11) is 0. The van der Waals surface area contributed by atoms with Gasteiger partial charge in [-0.05, 0) is 90.4 Å². The molecule has 0 aliphatic rings. The minimum absolute atomic E-state index is 0.0112. The molecule has 0 heterocycles. The van der Waals surface area contributed by atoms with Gasteiger partial charge in [-0.3, -0.25) is 0 Å². The Balaban J connectivity index is 1.17. The molecule has 0 fully saturated rings. The number of rotatable bonds is 18. The second-order valence-electron chi connectivity index (χ2n) is 22.7. The molecular formula is C66H72O8. The van der Waals surface area contributed by atoms with Crippen LogP contribution in [0.2, 0.25) is 0 Å². The average Bonchev–Trinajstić information content (AvgIpc) is 3.36. The van der Waals surface area contributed by atoms with Gasteiger partial charge < -0.3 is 28.4 Å². The summed E-state index contributed by atoms with van der Waals surface area (Å²) < 4.78 is 36.5. The largest absolute Gasteiger partial charge is 0.489 e. The van der Waals surface area contributed by atoms with Gasteiger partial charge in [0.05, 0.1) is 22.3 Å². The smallest absolute Gasteiger partial charge is 0.338 e. The number of esters is 2. The summed E-state index contributed by atoms with van der Waals surface area (Å²) in [5, 5.41) is 0. The highest BCUT2D eigenvalue weighted by atomic mass is 16.5. The summed E-state index contributed by atoms with van der Waals surface area (Å²) in [4.78, 5) is 27.6. The predicted molar refractivity (Wildman–Crippen MR) is 296 cm³/mol. The lowest BCUT2D eigenvalue weighted by atomic mass is 9.87. The Labute approximate surface area is 440 Å². The van der Waals surface area contributed by atoms with Gasteiger partial charge in [-0.25, -0.2) is 9.59 Å². The molecule has 6 rings (SSSR count). The Morgan fingerprint density at radius 1 is 0.365 bits per heavy atom. The fraction of sp³-hybridized carbons (Fsp3) is 0.333. The first-order valence-corrected chi connectivity index (χ1v) is 25.1. The van der Waals surface area contributed by atoms with E-state index in [1.54, 1.807) is 36.4 Å². The molecule has 0 unspecified atom stereocenters. The first-order chi connectivity index (χ1) is 34.9. The number of ether oxygens (including phenoxy) is 6. The zero-order valence-electron chi connectivity index (χ0n) is 45.4. The molecule has 0 amide bonds. The van der Waals surface area contributed by atoms with E-state index in [1.165, 1.54) is 22.3 Å². The van der Waals surface area contributed by atoms with E-state index in [4.69, 9.17) is 41.3 Å². The van der Waals surface area contributed by atoms with E-state index < -0.39 is 11.9 Å². The Bertz CT molecular complexity index is 2620. The van der Waals surface area contributed by atoms with E-state index in [9.17, 15) is 9.59 Å². The summed E-state index contributed by atoms with van der Waals surface area (Å²) in [5.41, 5.74) is 9.41. The summed E-state index contributed by atoms with van der Waals surface area (Å²) in [5.74, 6) is 5.33. The zero-order valence-corrected chi connectivity index (χ0v) is 45.4. The van der Waals surface area contributed by atoms with Gasteiger partial charge in [0, 0.05) is 12.1 Å². The van der Waals surface area contributed by atoms with Gasteiger partial charge in [-0.15, -0.1) is 12.8 Å². The molecule has 0 aliphatic heterocycles. The molecule has 0 spiro atoms. The van der Waals surface area contributed by atoms with E-state index >= 15 is 0 Å². The molecule has 8 nitrogen and oxygen atoms in total. The highest BCUT2D eigenvalue weighted by molar-refractivity contribution is 5.91. The van der Waals surface area contributed by atoms with Gasteiger partial charge in [0.25, 0.3) is 0 Å². The van der Waals surface area contributed by atoms with Crippen LogP contribution in [0.4, 0.5) is 0 Å². The predicted octanol–water partition coefficient (Wildman–Crippen LogP) is 14.8. The SMILES string of the molecule is C#C/C(COC(=O)c1cc(OCc2ccc(C(C)(C)C)cc2)cc(OCc2ccc(C(C)(C)C)cc2)c1)=C(/C#C)COC(=O)c1cc(OCc2ccc(C(C)(C)C)cc2)cc(OCc2ccc(C(C)(C)C)cc2)c1. The molecule has 8 heteroatoms. The molecule has 0 aliphatic carbocycles. The summed E-state index contributed by atoms with van der Waals surface area (Å²) in [6, 6.07) is 42.9. The Hall–Kier alpha value is -7.68. The van der Waals surface area contributed by atoms with Crippen LogP contribution in [0.15, 0.2) is 145 Å². The molecule has 0 saturated heterocycles. The van der Waals surface area contributed by atoms with Crippen LogP contribution in [0.3, 0.4) is 0 Å². The number of carbonyl (C=O) groups excluding carboxylic acids is 2. The molecule has 6 aromatic rings. The van der Waals surface area contributed by atoms with Crippen LogP contribution < -0.4 is 18.9 Å². The van der Waals surface area contributed by atoms with Crippen LogP contribution in [-0.4, -0.2) is 25.2 Å². The Kier molecular flexibility index (Phi) is 18.0. The molecule has 0 atom stereocenters. The molecule has 0 N–H and O–H groups in total. The van der Waals surface area contributed by atoms with Crippen molar-refractivity contribution in [3.8, 4) is 47.7 Å². The van der Waals surface area contributed by atoms with E-state index in [1.807, 2.05) is 48.5 Å². The molecule has 74 heavy (non-hydrogen) atoms. The van der Waals surface area contributed by atoms with Crippen LogP contribution in [0.25, 0.3) is 0 Å². The molecular weight excluding hydrogens is 921 g/mol. The van der Waals surface area contributed by atoms with Crippen molar-refractivity contribution in [3.05, 3.63) is 200 Å². The maximum Gasteiger partial charge on any atom is 0.338 e. The summed E-state index contributed by atoms with van der Waals surface area (Å²) in [6.07, 6.45) is 11.9. The van der Waals surface area contributed by atoms with Gasteiger partial charge in [0.15, 0.2) is 0 Å². The van der Waals surface area contributed by atoms with Crippen molar-refractivity contribution in [2.24, 2.45) is 0 Å². The average molecular weight is 993 g/mol. The molecule has 6 aromatic carbocycles. The van der Waals surface area contributed by atoms with Crippen molar-refractivity contribution < 1.29 is 38.0 Å². The van der Waals surface area contributed by atoms with Crippen LogP contribution in [0.1, 0.15) is 148 Å². The second-order valence-corrected chi connectivity index (χ2v) is 22.7. The lowest BCUT2D eigenvalue weighted by Crippen LogP contribution is -2.13. The van der Waals surface area contributed by atoms with E-state index in [-0.39, 0.29) is 83.6 Å². The van der Waals surface area contributed by atoms with Crippen LogP contribution in [0.5, 0.6) is 23.0 Å². The monoisotopic (exact) mass is 993 g/mol. The maximum atomic E-state index is 13.8. The van der Waals surface area contributed by atoms with Crippen molar-refractivity contribution >= 4 is 11.9 Å². The number of carbonyl (C=O) groups is 2. The van der Waals surface area contributed by atoms with Crippen LogP contribution in [0, 0.1) is 24.7 Å². The van der Waals surface area contributed by atoms with Crippen molar-refractivity contribution in [1.29, 1.82) is 0 Å². The molecule has 0 radical (unpaired) electrons. The van der Waals surface area contributed by atoms with Crippen molar-refractivity contribution in [2.75, 3.05) is 13.2 Å². The lowest BCUT2D eigenvalue weighted by molar-refractivity contribution is 0.0517. The molecule has 384 valence electrons. The number of hydrogen-bond acceptors (Lipinski definition) is 8. The van der Waals surface area contributed by atoms with E-state index in [2.05, 4.69) is 143 Å².